The fourth-order valence-corrected chi connectivity index (χ4v) is 2.23. The van der Waals surface area contributed by atoms with Crippen molar-refractivity contribution in [2.24, 2.45) is 0 Å². The minimum absolute atomic E-state index is 0.233. The number of aromatic nitrogens is 5. The van der Waals surface area contributed by atoms with Gasteiger partial charge in [0.2, 0.25) is 0 Å². The van der Waals surface area contributed by atoms with Crippen LogP contribution in [0.3, 0.4) is 0 Å². The Labute approximate surface area is 131 Å². The Balaban J connectivity index is 1.70. The smallest absolute Gasteiger partial charge is 0.340 e. The minimum Gasteiger partial charge on any atom is -0.342 e. The summed E-state index contributed by atoms with van der Waals surface area (Å²) in [6, 6.07) is 8.76. The van der Waals surface area contributed by atoms with E-state index in [-0.39, 0.29) is 5.91 Å². The van der Waals surface area contributed by atoms with Crippen LogP contribution in [0.5, 0.6) is 0 Å². The van der Waals surface area contributed by atoms with Crippen LogP contribution in [-0.2, 0) is 6.54 Å². The van der Waals surface area contributed by atoms with E-state index >= 15 is 0 Å². The molecule has 0 aliphatic heterocycles. The van der Waals surface area contributed by atoms with E-state index in [9.17, 15) is 9.59 Å². The average Bonchev–Trinajstić information content (AvgIpc) is 3.19. The fraction of sp³-hybridized carbons (Fsp3) is 0.200. The van der Waals surface area contributed by atoms with Crippen LogP contribution < -0.4 is 11.0 Å². The van der Waals surface area contributed by atoms with Crippen molar-refractivity contribution in [2.45, 2.75) is 19.5 Å². The molecule has 3 rings (SSSR count). The lowest BCUT2D eigenvalue weighted by Gasteiger charge is -2.11. The van der Waals surface area contributed by atoms with Gasteiger partial charge in [0.1, 0.15) is 0 Å². The molecule has 0 saturated carbocycles. The first-order valence-electron chi connectivity index (χ1n) is 7.13. The highest BCUT2D eigenvalue weighted by Gasteiger charge is 2.14. The topological polar surface area (TPSA) is 108 Å². The zero-order valence-electron chi connectivity index (χ0n) is 12.5. The first kappa shape index (κ1) is 14.8. The number of hydrogen-bond donors (Lipinski definition) is 3. The number of benzene rings is 1. The van der Waals surface area contributed by atoms with Gasteiger partial charge in [0.05, 0.1) is 12.6 Å². The summed E-state index contributed by atoms with van der Waals surface area (Å²) < 4.78 is 1.79. The summed E-state index contributed by atoms with van der Waals surface area (Å²) in [5.74, 6) is 0.153. The molecule has 1 amide bonds. The van der Waals surface area contributed by atoms with Crippen LogP contribution >= 0.6 is 0 Å². The summed E-state index contributed by atoms with van der Waals surface area (Å²) in [6.07, 6.45) is 3.58. The average molecular weight is 312 g/mol. The molecule has 0 saturated heterocycles. The lowest BCUT2D eigenvalue weighted by atomic mass is 10.1. The monoisotopic (exact) mass is 312 g/mol. The standard InChI is InChI=1S/C15H16N6O2/c1-10(13-18-15(23)20-19-13)17-14(22)12-5-2-4-11(8-12)9-21-7-3-6-16-21/h2-8,10H,9H2,1H3,(H,17,22)(H2,18,19,20,23)/t10-/m0/s1. The number of carbonyl (C=O) groups is 1. The number of hydrogen-bond acceptors (Lipinski definition) is 4. The second-order valence-corrected chi connectivity index (χ2v) is 5.16. The zero-order chi connectivity index (χ0) is 16.2. The van der Waals surface area contributed by atoms with Crippen LogP contribution in [0.25, 0.3) is 0 Å². The van der Waals surface area contributed by atoms with Crippen LogP contribution in [0.4, 0.5) is 0 Å². The first-order chi connectivity index (χ1) is 11.1. The van der Waals surface area contributed by atoms with E-state index in [1.807, 2.05) is 30.5 Å². The Bertz CT molecular complexity index is 849. The number of amides is 1. The quantitative estimate of drug-likeness (QED) is 0.648. The van der Waals surface area contributed by atoms with E-state index < -0.39 is 11.7 Å². The second kappa shape index (κ2) is 6.30. The molecule has 8 heteroatoms. The van der Waals surface area contributed by atoms with Crippen molar-refractivity contribution in [3.8, 4) is 0 Å². The number of carbonyl (C=O) groups excluding carboxylic acids is 1. The van der Waals surface area contributed by atoms with Crippen molar-refractivity contribution in [3.63, 3.8) is 0 Å². The van der Waals surface area contributed by atoms with Gasteiger partial charge in [-0.25, -0.2) is 9.89 Å². The van der Waals surface area contributed by atoms with Gasteiger partial charge in [0, 0.05) is 18.0 Å². The summed E-state index contributed by atoms with van der Waals surface area (Å²) in [6.45, 7) is 2.34. The second-order valence-electron chi connectivity index (χ2n) is 5.16. The largest absolute Gasteiger partial charge is 0.342 e. The van der Waals surface area contributed by atoms with Gasteiger partial charge in [0.25, 0.3) is 5.91 Å². The maximum Gasteiger partial charge on any atom is 0.340 e. The molecule has 1 aromatic carbocycles. The molecule has 0 spiro atoms. The van der Waals surface area contributed by atoms with Crippen LogP contribution in [0.1, 0.15) is 34.7 Å². The predicted molar refractivity (Wildman–Crippen MR) is 82.9 cm³/mol. The van der Waals surface area contributed by atoms with Crippen LogP contribution in [-0.4, -0.2) is 30.9 Å². The van der Waals surface area contributed by atoms with Crippen molar-refractivity contribution >= 4 is 5.91 Å². The highest BCUT2D eigenvalue weighted by molar-refractivity contribution is 5.94. The zero-order valence-corrected chi connectivity index (χ0v) is 12.5. The van der Waals surface area contributed by atoms with Gasteiger partial charge in [-0.3, -0.25) is 14.5 Å². The van der Waals surface area contributed by atoms with Crippen molar-refractivity contribution in [3.05, 3.63) is 70.2 Å². The number of nitrogens with one attached hydrogen (secondary N) is 3. The van der Waals surface area contributed by atoms with Gasteiger partial charge in [0.15, 0.2) is 5.82 Å². The lowest BCUT2D eigenvalue weighted by molar-refractivity contribution is 0.0938. The third-order valence-electron chi connectivity index (χ3n) is 3.37. The van der Waals surface area contributed by atoms with E-state index in [1.54, 1.807) is 23.9 Å². The van der Waals surface area contributed by atoms with Gasteiger partial charge >= 0.3 is 5.69 Å². The Morgan fingerprint density at radius 1 is 1.39 bits per heavy atom. The van der Waals surface area contributed by atoms with E-state index in [0.29, 0.717) is 17.9 Å². The minimum atomic E-state index is -0.406. The van der Waals surface area contributed by atoms with E-state index in [4.69, 9.17) is 0 Å². The Morgan fingerprint density at radius 2 is 2.26 bits per heavy atom. The van der Waals surface area contributed by atoms with Crippen LogP contribution in [0, 0.1) is 0 Å². The molecule has 0 bridgehead atoms. The van der Waals surface area contributed by atoms with Gasteiger partial charge in [-0.2, -0.15) is 10.2 Å². The summed E-state index contributed by atoms with van der Waals surface area (Å²) in [5, 5.41) is 13.0. The SMILES string of the molecule is C[C@H](NC(=O)c1cccc(Cn2cccn2)c1)c1n[nH]c(=O)[nH]1. The normalized spacial score (nSPS) is 12.0. The van der Waals surface area contributed by atoms with Crippen molar-refractivity contribution in [2.75, 3.05) is 0 Å². The Kier molecular flexibility index (Phi) is 4.05. The molecule has 118 valence electrons. The van der Waals surface area contributed by atoms with Gasteiger partial charge < -0.3 is 5.32 Å². The Hall–Kier alpha value is -3.16. The molecule has 8 nitrogen and oxygen atoms in total. The summed E-state index contributed by atoms with van der Waals surface area (Å²) in [7, 11) is 0. The molecule has 23 heavy (non-hydrogen) atoms. The molecule has 3 aromatic rings. The van der Waals surface area contributed by atoms with E-state index in [0.717, 1.165) is 5.56 Å². The molecule has 0 aliphatic rings. The Morgan fingerprint density at radius 3 is 2.96 bits per heavy atom. The van der Waals surface area contributed by atoms with Gasteiger partial charge in [-0.1, -0.05) is 12.1 Å². The predicted octanol–water partition coefficient (Wildman–Crippen LogP) is 0.834. The molecule has 0 unspecified atom stereocenters. The summed E-state index contributed by atoms with van der Waals surface area (Å²) >= 11 is 0. The molecule has 1 atom stereocenters. The molecular weight excluding hydrogens is 296 g/mol. The number of nitrogens with zero attached hydrogens (tertiary/aromatic N) is 3. The fourth-order valence-electron chi connectivity index (χ4n) is 2.23. The van der Waals surface area contributed by atoms with Crippen molar-refractivity contribution < 1.29 is 4.79 Å². The molecule has 0 fully saturated rings. The van der Waals surface area contributed by atoms with Crippen molar-refractivity contribution in [1.82, 2.24) is 30.3 Å². The summed E-state index contributed by atoms with van der Waals surface area (Å²) in [4.78, 5) is 25.9. The summed E-state index contributed by atoms with van der Waals surface area (Å²) in [5.41, 5.74) is 1.11. The van der Waals surface area contributed by atoms with Gasteiger partial charge in [-0.15, -0.1) is 0 Å². The molecule has 3 N–H and O–H groups in total. The number of rotatable bonds is 5. The first-order valence-corrected chi connectivity index (χ1v) is 7.13. The highest BCUT2D eigenvalue weighted by Crippen LogP contribution is 2.10. The molecular formula is C15H16N6O2. The van der Waals surface area contributed by atoms with Crippen LogP contribution in [0.2, 0.25) is 0 Å². The van der Waals surface area contributed by atoms with Crippen molar-refractivity contribution in [1.29, 1.82) is 0 Å². The van der Waals surface area contributed by atoms with E-state index in [1.165, 1.54) is 0 Å². The number of H-pyrrole nitrogens is 2. The third-order valence-corrected chi connectivity index (χ3v) is 3.37. The van der Waals surface area contributed by atoms with E-state index in [2.05, 4.69) is 25.6 Å². The molecule has 0 radical (unpaired) electrons. The highest BCUT2D eigenvalue weighted by atomic mass is 16.2. The third kappa shape index (κ3) is 3.54. The molecule has 0 aliphatic carbocycles. The van der Waals surface area contributed by atoms with Gasteiger partial charge in [-0.05, 0) is 30.7 Å². The lowest BCUT2D eigenvalue weighted by Crippen LogP contribution is -2.27. The molecule has 2 heterocycles. The number of aromatic amines is 2. The maximum atomic E-state index is 12.3. The maximum absolute atomic E-state index is 12.3. The van der Waals surface area contributed by atoms with Crippen LogP contribution in [0.15, 0.2) is 47.5 Å². The molecule has 2 aromatic heterocycles.